The van der Waals surface area contributed by atoms with Crippen LogP contribution in [0.4, 0.5) is 15.8 Å². The molecule has 2 aromatic carbocycles. The number of amides is 2. The number of carbonyl (C=O) groups is 3. The maximum absolute atomic E-state index is 12.9. The molecule has 2 amide bonds. The highest BCUT2D eigenvalue weighted by Gasteiger charge is 2.18. The lowest BCUT2D eigenvalue weighted by Gasteiger charge is -2.12. The maximum atomic E-state index is 12.9. The Kier molecular flexibility index (Phi) is 9.14. The number of esters is 1. The van der Waals surface area contributed by atoms with Crippen LogP contribution in [-0.4, -0.2) is 42.0 Å². The monoisotopic (exact) mass is 434 g/mol. The van der Waals surface area contributed by atoms with Crippen molar-refractivity contribution in [3.63, 3.8) is 0 Å². The summed E-state index contributed by atoms with van der Waals surface area (Å²) in [4.78, 5) is 35.8. The molecule has 2 rings (SSSR count). The SMILES string of the molecule is CCOc1ccc(NC(=O)COC(=O)C(C)SCC(=O)Nc2ccc(F)cc2)cc1. The third-order valence-corrected chi connectivity index (χ3v) is 4.84. The number of carbonyl (C=O) groups excluding carboxylic acids is 3. The fourth-order valence-electron chi connectivity index (χ4n) is 2.25. The van der Waals surface area contributed by atoms with Crippen molar-refractivity contribution in [2.75, 3.05) is 29.6 Å². The van der Waals surface area contributed by atoms with Gasteiger partial charge in [0.1, 0.15) is 16.8 Å². The summed E-state index contributed by atoms with van der Waals surface area (Å²) < 4.78 is 23.2. The Morgan fingerprint density at radius 2 is 1.53 bits per heavy atom. The van der Waals surface area contributed by atoms with E-state index in [-0.39, 0.29) is 11.7 Å². The maximum Gasteiger partial charge on any atom is 0.319 e. The van der Waals surface area contributed by atoms with Crippen molar-refractivity contribution in [2.45, 2.75) is 19.1 Å². The second-order valence-electron chi connectivity index (χ2n) is 6.12. The van der Waals surface area contributed by atoms with Crippen molar-refractivity contribution in [2.24, 2.45) is 0 Å². The number of ether oxygens (including phenoxy) is 2. The summed E-state index contributed by atoms with van der Waals surface area (Å²) in [5, 5.41) is 4.58. The van der Waals surface area contributed by atoms with Gasteiger partial charge in [0.2, 0.25) is 5.91 Å². The molecule has 0 aliphatic carbocycles. The van der Waals surface area contributed by atoms with Crippen molar-refractivity contribution in [3.05, 3.63) is 54.3 Å². The zero-order valence-corrected chi connectivity index (χ0v) is 17.5. The van der Waals surface area contributed by atoms with Crippen molar-refractivity contribution in [1.82, 2.24) is 0 Å². The molecule has 7 nitrogen and oxygen atoms in total. The second kappa shape index (κ2) is 11.8. The molecule has 0 heterocycles. The van der Waals surface area contributed by atoms with Crippen LogP contribution >= 0.6 is 11.8 Å². The fraction of sp³-hybridized carbons (Fsp3) is 0.286. The lowest BCUT2D eigenvalue weighted by molar-refractivity contribution is -0.146. The van der Waals surface area contributed by atoms with Gasteiger partial charge in [0.25, 0.3) is 5.91 Å². The van der Waals surface area contributed by atoms with Crippen LogP contribution in [0.1, 0.15) is 13.8 Å². The largest absolute Gasteiger partial charge is 0.494 e. The number of benzene rings is 2. The van der Waals surface area contributed by atoms with Crippen LogP contribution in [0, 0.1) is 5.82 Å². The topological polar surface area (TPSA) is 93.7 Å². The molecule has 2 N–H and O–H groups in total. The predicted molar refractivity (Wildman–Crippen MR) is 114 cm³/mol. The summed E-state index contributed by atoms with van der Waals surface area (Å²) in [7, 11) is 0. The van der Waals surface area contributed by atoms with Crippen molar-refractivity contribution in [1.29, 1.82) is 0 Å². The van der Waals surface area contributed by atoms with E-state index in [1.54, 1.807) is 31.2 Å². The molecule has 9 heteroatoms. The Morgan fingerprint density at radius 1 is 0.967 bits per heavy atom. The van der Waals surface area contributed by atoms with E-state index in [0.717, 1.165) is 11.8 Å². The van der Waals surface area contributed by atoms with Crippen LogP contribution in [-0.2, 0) is 19.1 Å². The van der Waals surface area contributed by atoms with E-state index in [2.05, 4.69) is 10.6 Å². The van der Waals surface area contributed by atoms with Gasteiger partial charge in [-0.2, -0.15) is 0 Å². The molecule has 0 bridgehead atoms. The van der Waals surface area contributed by atoms with Crippen molar-refractivity contribution in [3.8, 4) is 5.75 Å². The van der Waals surface area contributed by atoms with E-state index >= 15 is 0 Å². The number of rotatable bonds is 10. The van der Waals surface area contributed by atoms with Crippen LogP contribution in [0.25, 0.3) is 0 Å². The highest BCUT2D eigenvalue weighted by molar-refractivity contribution is 8.01. The molecule has 0 aliphatic rings. The van der Waals surface area contributed by atoms with Crippen molar-refractivity contribution < 1.29 is 28.2 Å². The minimum Gasteiger partial charge on any atom is -0.494 e. The zero-order chi connectivity index (χ0) is 21.9. The quantitative estimate of drug-likeness (QED) is 0.556. The standard InChI is InChI=1S/C21H23FN2O5S/c1-3-28-18-10-8-17(9-11-18)23-19(25)12-29-21(27)14(2)30-13-20(26)24-16-6-4-15(22)5-7-16/h4-11,14H,3,12-13H2,1-2H3,(H,23,25)(H,24,26). The van der Waals surface area contributed by atoms with E-state index in [9.17, 15) is 18.8 Å². The van der Waals surface area contributed by atoms with Crippen LogP contribution in [0.15, 0.2) is 48.5 Å². The summed E-state index contributed by atoms with van der Waals surface area (Å²) in [5.74, 6) is -1.11. The van der Waals surface area contributed by atoms with E-state index in [1.807, 2.05) is 6.92 Å². The van der Waals surface area contributed by atoms with Gasteiger partial charge in [-0.15, -0.1) is 11.8 Å². The normalized spacial score (nSPS) is 11.3. The minimum absolute atomic E-state index is 0.00597. The van der Waals surface area contributed by atoms with Gasteiger partial charge in [0, 0.05) is 11.4 Å². The van der Waals surface area contributed by atoms with Gasteiger partial charge in [-0.1, -0.05) is 0 Å². The molecule has 1 atom stereocenters. The minimum atomic E-state index is -0.637. The average molecular weight is 434 g/mol. The number of anilines is 2. The number of halogens is 1. The molecular formula is C21H23FN2O5S. The Bertz CT molecular complexity index is 859. The van der Waals surface area contributed by atoms with E-state index < -0.39 is 29.6 Å². The Balaban J connectivity index is 1.68. The van der Waals surface area contributed by atoms with E-state index in [4.69, 9.17) is 9.47 Å². The molecule has 0 spiro atoms. The molecule has 160 valence electrons. The second-order valence-corrected chi connectivity index (χ2v) is 7.45. The number of thioether (sulfide) groups is 1. The van der Waals surface area contributed by atoms with Gasteiger partial charge in [-0.05, 0) is 62.4 Å². The summed E-state index contributed by atoms with van der Waals surface area (Å²) >= 11 is 1.07. The van der Waals surface area contributed by atoms with E-state index in [1.165, 1.54) is 24.3 Å². The van der Waals surface area contributed by atoms with Gasteiger partial charge in [0.15, 0.2) is 6.61 Å². The van der Waals surface area contributed by atoms with Gasteiger partial charge >= 0.3 is 5.97 Å². The molecule has 0 saturated heterocycles. The smallest absolute Gasteiger partial charge is 0.319 e. The summed E-state index contributed by atoms with van der Waals surface area (Å²) in [5.41, 5.74) is 1.02. The molecular weight excluding hydrogens is 411 g/mol. The molecule has 0 aromatic heterocycles. The highest BCUT2D eigenvalue weighted by atomic mass is 32.2. The third kappa shape index (κ3) is 8.12. The molecule has 0 aliphatic heterocycles. The third-order valence-electron chi connectivity index (χ3n) is 3.72. The number of nitrogens with one attached hydrogen (secondary N) is 2. The molecule has 0 fully saturated rings. The highest BCUT2D eigenvalue weighted by Crippen LogP contribution is 2.16. The van der Waals surface area contributed by atoms with E-state index in [0.29, 0.717) is 23.7 Å². The number of hydrogen-bond acceptors (Lipinski definition) is 6. The van der Waals surface area contributed by atoms with Crippen LogP contribution in [0.3, 0.4) is 0 Å². The molecule has 0 radical (unpaired) electrons. The summed E-state index contributed by atoms with van der Waals surface area (Å²) in [6.45, 7) is 3.58. The van der Waals surface area contributed by atoms with Gasteiger partial charge in [-0.3, -0.25) is 14.4 Å². The molecule has 0 saturated carbocycles. The summed E-state index contributed by atoms with van der Waals surface area (Å²) in [6, 6.07) is 12.2. The Morgan fingerprint density at radius 3 is 2.13 bits per heavy atom. The molecule has 2 aromatic rings. The van der Waals surface area contributed by atoms with Gasteiger partial charge in [0.05, 0.1) is 12.4 Å². The number of hydrogen-bond donors (Lipinski definition) is 2. The fourth-order valence-corrected chi connectivity index (χ4v) is 2.93. The lowest BCUT2D eigenvalue weighted by Crippen LogP contribution is -2.26. The average Bonchev–Trinajstić information content (AvgIpc) is 2.73. The Hall–Kier alpha value is -3.07. The Labute approximate surface area is 178 Å². The van der Waals surface area contributed by atoms with Gasteiger partial charge in [-0.25, -0.2) is 4.39 Å². The predicted octanol–water partition coefficient (Wildman–Crippen LogP) is 3.47. The zero-order valence-electron chi connectivity index (χ0n) is 16.6. The molecule has 30 heavy (non-hydrogen) atoms. The van der Waals surface area contributed by atoms with Crippen LogP contribution in [0.2, 0.25) is 0 Å². The summed E-state index contributed by atoms with van der Waals surface area (Å²) in [6.07, 6.45) is 0. The first-order chi connectivity index (χ1) is 14.4. The molecule has 1 unspecified atom stereocenters. The lowest BCUT2D eigenvalue weighted by atomic mass is 10.3. The first-order valence-corrected chi connectivity index (χ1v) is 10.3. The van der Waals surface area contributed by atoms with Crippen molar-refractivity contribution >= 4 is 40.9 Å². The first-order valence-electron chi connectivity index (χ1n) is 9.23. The van der Waals surface area contributed by atoms with Crippen LogP contribution in [0.5, 0.6) is 5.75 Å². The van der Waals surface area contributed by atoms with Gasteiger partial charge < -0.3 is 20.1 Å². The van der Waals surface area contributed by atoms with Crippen LogP contribution < -0.4 is 15.4 Å². The first kappa shape index (κ1) is 23.2.